The molecule has 2 unspecified atom stereocenters. The molecule has 1 saturated heterocycles. The first kappa shape index (κ1) is 14.4. The lowest BCUT2D eigenvalue weighted by Crippen LogP contribution is -2.48. The van der Waals surface area contributed by atoms with Crippen molar-refractivity contribution < 1.29 is 9.50 Å². The second-order valence-corrected chi connectivity index (χ2v) is 5.53. The summed E-state index contributed by atoms with van der Waals surface area (Å²) in [6.45, 7) is 2.94. The van der Waals surface area contributed by atoms with E-state index in [1.807, 2.05) is 12.1 Å². The van der Waals surface area contributed by atoms with Gasteiger partial charge in [0.25, 0.3) is 0 Å². The molecule has 2 N–H and O–H groups in total. The highest BCUT2D eigenvalue weighted by molar-refractivity contribution is 5.17. The zero-order chi connectivity index (χ0) is 13.7. The third kappa shape index (κ3) is 4.56. The Morgan fingerprint density at radius 3 is 2.74 bits per heavy atom. The molecule has 2 atom stereocenters. The largest absolute Gasteiger partial charge is 0.395 e. The van der Waals surface area contributed by atoms with Gasteiger partial charge in [-0.15, -0.1) is 0 Å². The number of hydrogen-bond donors (Lipinski definition) is 2. The standard InChI is InChI=1S/C15H23FN2O/c1-18-10-13(9-15(11-18)17-6-7-19)8-12-2-4-14(16)5-3-12/h2-5,13,15,17,19H,6-11H2,1H3. The van der Waals surface area contributed by atoms with Crippen LogP contribution in [0.1, 0.15) is 12.0 Å². The van der Waals surface area contributed by atoms with E-state index in [0.29, 0.717) is 18.5 Å². The van der Waals surface area contributed by atoms with Crippen LogP contribution in [0.5, 0.6) is 0 Å². The smallest absolute Gasteiger partial charge is 0.123 e. The molecule has 0 spiro atoms. The molecule has 0 bridgehead atoms. The molecule has 0 saturated carbocycles. The number of hydrogen-bond acceptors (Lipinski definition) is 3. The number of benzene rings is 1. The highest BCUT2D eigenvalue weighted by atomic mass is 19.1. The van der Waals surface area contributed by atoms with Gasteiger partial charge in [0.1, 0.15) is 5.82 Å². The SMILES string of the molecule is CN1CC(Cc2ccc(F)cc2)CC(NCCO)C1. The Hall–Kier alpha value is -0.970. The molecular formula is C15H23FN2O. The molecule has 1 heterocycles. The van der Waals surface area contributed by atoms with E-state index in [2.05, 4.69) is 17.3 Å². The van der Waals surface area contributed by atoms with Crippen molar-refractivity contribution in [2.24, 2.45) is 5.92 Å². The summed E-state index contributed by atoms with van der Waals surface area (Å²) in [6, 6.07) is 7.25. The Labute approximate surface area is 114 Å². The van der Waals surface area contributed by atoms with Gasteiger partial charge in [0, 0.05) is 25.7 Å². The fourth-order valence-corrected chi connectivity index (χ4v) is 2.96. The fraction of sp³-hybridized carbons (Fsp3) is 0.600. The maximum Gasteiger partial charge on any atom is 0.123 e. The molecule has 2 rings (SSSR count). The summed E-state index contributed by atoms with van der Waals surface area (Å²) < 4.78 is 12.9. The maximum atomic E-state index is 12.9. The molecule has 4 heteroatoms. The van der Waals surface area contributed by atoms with Crippen molar-refractivity contribution in [3.8, 4) is 0 Å². The lowest BCUT2D eigenvalue weighted by atomic mass is 9.89. The Bertz CT molecular complexity index is 382. The van der Waals surface area contributed by atoms with Crippen molar-refractivity contribution in [1.82, 2.24) is 10.2 Å². The van der Waals surface area contributed by atoms with Crippen LogP contribution in [0.25, 0.3) is 0 Å². The van der Waals surface area contributed by atoms with Gasteiger partial charge in [-0.2, -0.15) is 0 Å². The molecule has 106 valence electrons. The summed E-state index contributed by atoms with van der Waals surface area (Å²) in [4.78, 5) is 2.33. The van der Waals surface area contributed by atoms with Gasteiger partial charge < -0.3 is 15.3 Å². The number of likely N-dealkylation sites (tertiary alicyclic amines) is 1. The first-order chi connectivity index (χ1) is 9.17. The minimum Gasteiger partial charge on any atom is -0.395 e. The summed E-state index contributed by atoms with van der Waals surface area (Å²) in [5.74, 6) is 0.410. The zero-order valence-corrected chi connectivity index (χ0v) is 11.5. The van der Waals surface area contributed by atoms with Crippen molar-refractivity contribution in [2.45, 2.75) is 18.9 Å². The Morgan fingerprint density at radius 2 is 2.05 bits per heavy atom. The van der Waals surface area contributed by atoms with Gasteiger partial charge in [0.2, 0.25) is 0 Å². The average Bonchev–Trinajstić information content (AvgIpc) is 2.38. The van der Waals surface area contributed by atoms with E-state index in [-0.39, 0.29) is 12.4 Å². The van der Waals surface area contributed by atoms with E-state index < -0.39 is 0 Å². The summed E-state index contributed by atoms with van der Waals surface area (Å²) in [5, 5.41) is 12.3. The van der Waals surface area contributed by atoms with Crippen molar-refractivity contribution in [3.63, 3.8) is 0 Å². The molecular weight excluding hydrogens is 243 g/mol. The topological polar surface area (TPSA) is 35.5 Å². The van der Waals surface area contributed by atoms with E-state index >= 15 is 0 Å². The van der Waals surface area contributed by atoms with Crippen LogP contribution in [0, 0.1) is 11.7 Å². The molecule has 1 aliphatic rings. The maximum absolute atomic E-state index is 12.9. The number of piperidine rings is 1. The highest BCUT2D eigenvalue weighted by Crippen LogP contribution is 2.20. The number of halogens is 1. The van der Waals surface area contributed by atoms with Crippen LogP contribution >= 0.6 is 0 Å². The Kier molecular flexibility index (Phi) is 5.31. The molecule has 1 aliphatic heterocycles. The van der Waals surface area contributed by atoms with Crippen LogP contribution < -0.4 is 5.32 Å². The predicted octanol–water partition coefficient (Wildman–Crippen LogP) is 1.27. The first-order valence-corrected chi connectivity index (χ1v) is 6.94. The van der Waals surface area contributed by atoms with Crippen molar-refractivity contribution in [3.05, 3.63) is 35.6 Å². The molecule has 3 nitrogen and oxygen atoms in total. The summed E-state index contributed by atoms with van der Waals surface area (Å²) in [5.41, 5.74) is 1.20. The molecule has 0 amide bonds. The predicted molar refractivity (Wildman–Crippen MR) is 74.6 cm³/mol. The molecule has 0 radical (unpaired) electrons. The van der Waals surface area contributed by atoms with E-state index in [1.54, 1.807) is 0 Å². The number of rotatable bonds is 5. The quantitative estimate of drug-likeness (QED) is 0.842. The van der Waals surface area contributed by atoms with Gasteiger partial charge in [-0.1, -0.05) is 12.1 Å². The van der Waals surface area contributed by atoms with Crippen molar-refractivity contribution >= 4 is 0 Å². The molecule has 19 heavy (non-hydrogen) atoms. The molecule has 1 aromatic carbocycles. The van der Waals surface area contributed by atoms with Gasteiger partial charge in [0.15, 0.2) is 0 Å². The van der Waals surface area contributed by atoms with Crippen LogP contribution in [0.4, 0.5) is 4.39 Å². The van der Waals surface area contributed by atoms with Crippen molar-refractivity contribution in [2.75, 3.05) is 33.3 Å². The van der Waals surface area contributed by atoms with Gasteiger partial charge in [0.05, 0.1) is 6.61 Å². The van der Waals surface area contributed by atoms with Crippen LogP contribution in [-0.4, -0.2) is 49.3 Å². The zero-order valence-electron chi connectivity index (χ0n) is 11.5. The average molecular weight is 266 g/mol. The summed E-state index contributed by atoms with van der Waals surface area (Å²) >= 11 is 0. The highest BCUT2D eigenvalue weighted by Gasteiger charge is 2.24. The molecule has 0 aliphatic carbocycles. The summed E-state index contributed by atoms with van der Waals surface area (Å²) in [7, 11) is 2.13. The third-order valence-electron chi connectivity index (χ3n) is 3.70. The molecule has 1 aromatic rings. The second kappa shape index (κ2) is 6.98. The van der Waals surface area contributed by atoms with Crippen LogP contribution in [0.15, 0.2) is 24.3 Å². The second-order valence-electron chi connectivity index (χ2n) is 5.53. The Morgan fingerprint density at radius 1 is 1.32 bits per heavy atom. The lowest BCUT2D eigenvalue weighted by molar-refractivity contribution is 0.163. The first-order valence-electron chi connectivity index (χ1n) is 6.94. The third-order valence-corrected chi connectivity index (χ3v) is 3.70. The number of nitrogens with zero attached hydrogens (tertiary/aromatic N) is 1. The van der Waals surface area contributed by atoms with Gasteiger partial charge >= 0.3 is 0 Å². The number of nitrogens with one attached hydrogen (secondary N) is 1. The van der Waals surface area contributed by atoms with Gasteiger partial charge in [-0.25, -0.2) is 4.39 Å². The van der Waals surface area contributed by atoms with Gasteiger partial charge in [-0.3, -0.25) is 0 Å². The Balaban J connectivity index is 1.90. The van der Waals surface area contributed by atoms with Crippen molar-refractivity contribution in [1.29, 1.82) is 0 Å². The van der Waals surface area contributed by atoms with E-state index in [0.717, 1.165) is 25.9 Å². The van der Waals surface area contributed by atoms with Crippen LogP contribution in [-0.2, 0) is 6.42 Å². The van der Waals surface area contributed by atoms with Crippen LogP contribution in [0.2, 0.25) is 0 Å². The number of aliphatic hydroxyl groups is 1. The lowest BCUT2D eigenvalue weighted by Gasteiger charge is -2.36. The van der Waals surface area contributed by atoms with Gasteiger partial charge in [-0.05, 0) is 43.5 Å². The fourth-order valence-electron chi connectivity index (χ4n) is 2.96. The minimum absolute atomic E-state index is 0.174. The van der Waals surface area contributed by atoms with Crippen LogP contribution in [0.3, 0.4) is 0 Å². The molecule has 1 fully saturated rings. The normalized spacial score (nSPS) is 24.6. The summed E-state index contributed by atoms with van der Waals surface area (Å²) in [6.07, 6.45) is 2.10. The number of aliphatic hydroxyl groups excluding tert-OH is 1. The molecule has 0 aromatic heterocycles. The monoisotopic (exact) mass is 266 g/mol. The minimum atomic E-state index is -0.174. The number of likely N-dealkylation sites (N-methyl/N-ethyl adjacent to an activating group) is 1. The van der Waals surface area contributed by atoms with E-state index in [9.17, 15) is 4.39 Å². The van der Waals surface area contributed by atoms with E-state index in [4.69, 9.17) is 5.11 Å². The van der Waals surface area contributed by atoms with E-state index in [1.165, 1.54) is 17.7 Å².